The van der Waals surface area contributed by atoms with Crippen molar-refractivity contribution in [2.45, 2.75) is 20.8 Å². The summed E-state index contributed by atoms with van der Waals surface area (Å²) in [4.78, 5) is 4.22. The largest absolute Gasteiger partial charge is 0.256 e. The highest BCUT2D eigenvalue weighted by molar-refractivity contribution is 5.88. The highest BCUT2D eigenvalue weighted by Crippen LogP contribution is 2.21. The normalized spacial score (nSPS) is 11.2. The second-order valence-electron chi connectivity index (χ2n) is 4.68. The maximum Gasteiger partial charge on any atom is 0.101 e. The number of nitrogens with zero attached hydrogens (tertiary/aromatic N) is 2. The number of aromatic nitrogens is 1. The molecule has 0 atom stereocenters. The fraction of sp³-hybridized carbons (Fsp3) is 0.176. The van der Waals surface area contributed by atoms with Crippen LogP contribution in [0.5, 0.6) is 0 Å². The Morgan fingerprint density at radius 3 is 2.47 bits per heavy atom. The molecule has 2 heteroatoms. The number of hydrogen-bond donors (Lipinski definition) is 0. The standard InChI is InChI=1S/C17H16N2/c1-12-8-14(3)15(9-13(12)2)10-16(11-18)17-6-4-5-7-19-17/h4-10H,1-3H3/b16-10+. The molecule has 0 bridgehead atoms. The monoisotopic (exact) mass is 248 g/mol. The predicted molar refractivity (Wildman–Crippen MR) is 78.4 cm³/mol. The molecule has 0 aliphatic heterocycles. The Balaban J connectivity index is 2.51. The van der Waals surface area contributed by atoms with E-state index < -0.39 is 0 Å². The van der Waals surface area contributed by atoms with Crippen LogP contribution in [0.1, 0.15) is 27.9 Å². The zero-order valence-corrected chi connectivity index (χ0v) is 11.4. The van der Waals surface area contributed by atoms with Crippen LogP contribution in [0, 0.1) is 32.1 Å². The molecule has 1 heterocycles. The lowest BCUT2D eigenvalue weighted by atomic mass is 9.98. The summed E-state index contributed by atoms with van der Waals surface area (Å²) in [6, 6.07) is 12.1. The van der Waals surface area contributed by atoms with Crippen LogP contribution >= 0.6 is 0 Å². The van der Waals surface area contributed by atoms with Gasteiger partial charge in [-0.3, -0.25) is 4.98 Å². The molecule has 0 N–H and O–H groups in total. The minimum atomic E-state index is 0.590. The van der Waals surface area contributed by atoms with E-state index >= 15 is 0 Å². The van der Waals surface area contributed by atoms with Crippen molar-refractivity contribution >= 4 is 11.6 Å². The van der Waals surface area contributed by atoms with E-state index in [1.807, 2.05) is 24.3 Å². The molecule has 0 fully saturated rings. The van der Waals surface area contributed by atoms with Gasteiger partial charge in [-0.2, -0.15) is 5.26 Å². The summed E-state index contributed by atoms with van der Waals surface area (Å²) in [6.45, 7) is 6.24. The van der Waals surface area contributed by atoms with Crippen molar-refractivity contribution in [2.24, 2.45) is 0 Å². The average molecular weight is 248 g/mol. The van der Waals surface area contributed by atoms with Crippen LogP contribution in [0.15, 0.2) is 36.5 Å². The third-order valence-electron chi connectivity index (χ3n) is 3.24. The van der Waals surface area contributed by atoms with E-state index in [4.69, 9.17) is 0 Å². The molecule has 0 saturated heterocycles. The SMILES string of the molecule is Cc1cc(C)c(/C=C(\C#N)c2ccccn2)cc1C. The second-order valence-corrected chi connectivity index (χ2v) is 4.68. The van der Waals surface area contributed by atoms with Gasteiger partial charge in [-0.25, -0.2) is 0 Å². The maximum atomic E-state index is 9.30. The van der Waals surface area contributed by atoms with Gasteiger partial charge >= 0.3 is 0 Å². The van der Waals surface area contributed by atoms with E-state index in [2.05, 4.69) is 44.0 Å². The highest BCUT2D eigenvalue weighted by Gasteiger charge is 2.04. The Hall–Kier alpha value is -2.40. The van der Waals surface area contributed by atoms with Crippen molar-refractivity contribution in [2.75, 3.05) is 0 Å². The van der Waals surface area contributed by atoms with Gasteiger partial charge in [0, 0.05) is 6.20 Å². The second kappa shape index (κ2) is 5.49. The summed E-state index contributed by atoms with van der Waals surface area (Å²) in [7, 11) is 0. The first-order valence-corrected chi connectivity index (χ1v) is 6.23. The smallest absolute Gasteiger partial charge is 0.101 e. The van der Waals surface area contributed by atoms with Crippen molar-refractivity contribution in [3.8, 4) is 6.07 Å². The Bertz CT molecular complexity index is 662. The third-order valence-corrected chi connectivity index (χ3v) is 3.24. The number of rotatable bonds is 2. The van der Waals surface area contributed by atoms with Crippen molar-refractivity contribution in [3.05, 3.63) is 64.5 Å². The topological polar surface area (TPSA) is 36.7 Å². The lowest BCUT2D eigenvalue weighted by Gasteiger charge is -2.07. The van der Waals surface area contributed by atoms with Crippen LogP contribution in [0.3, 0.4) is 0 Å². The summed E-state index contributed by atoms with van der Waals surface area (Å²) in [5.74, 6) is 0. The molecule has 2 aromatic rings. The van der Waals surface area contributed by atoms with E-state index in [0.29, 0.717) is 11.3 Å². The molecule has 94 valence electrons. The number of allylic oxidation sites excluding steroid dienone is 1. The molecule has 0 saturated carbocycles. The average Bonchev–Trinajstić information content (AvgIpc) is 2.42. The number of pyridine rings is 1. The molecular weight excluding hydrogens is 232 g/mol. The van der Waals surface area contributed by atoms with Crippen molar-refractivity contribution in [1.82, 2.24) is 4.98 Å². The van der Waals surface area contributed by atoms with Gasteiger partial charge in [0.05, 0.1) is 11.3 Å². The molecule has 0 aliphatic carbocycles. The van der Waals surface area contributed by atoms with Crippen LogP contribution in [-0.2, 0) is 0 Å². The van der Waals surface area contributed by atoms with Gasteiger partial charge in [0.1, 0.15) is 6.07 Å². The van der Waals surface area contributed by atoms with E-state index in [1.165, 1.54) is 16.7 Å². The first-order valence-electron chi connectivity index (χ1n) is 6.23. The summed E-state index contributed by atoms with van der Waals surface area (Å²) in [5.41, 5.74) is 6.05. The summed E-state index contributed by atoms with van der Waals surface area (Å²) < 4.78 is 0. The fourth-order valence-electron chi connectivity index (χ4n) is 1.98. The van der Waals surface area contributed by atoms with Gasteiger partial charge < -0.3 is 0 Å². The zero-order valence-electron chi connectivity index (χ0n) is 11.4. The first kappa shape index (κ1) is 13.0. The number of nitriles is 1. The van der Waals surface area contributed by atoms with Crippen LogP contribution in [-0.4, -0.2) is 4.98 Å². The summed E-state index contributed by atoms with van der Waals surface area (Å²) in [6.07, 6.45) is 3.61. The third kappa shape index (κ3) is 2.89. The number of benzene rings is 1. The summed E-state index contributed by atoms with van der Waals surface area (Å²) in [5, 5.41) is 9.30. The van der Waals surface area contributed by atoms with Crippen molar-refractivity contribution in [1.29, 1.82) is 5.26 Å². The minimum Gasteiger partial charge on any atom is -0.256 e. The molecule has 0 amide bonds. The lowest BCUT2D eigenvalue weighted by Crippen LogP contribution is -1.90. The van der Waals surface area contributed by atoms with Gasteiger partial charge in [-0.15, -0.1) is 0 Å². The van der Waals surface area contributed by atoms with Crippen molar-refractivity contribution < 1.29 is 0 Å². The van der Waals surface area contributed by atoms with Gasteiger partial charge in [-0.05, 0) is 61.2 Å². The molecule has 2 nitrogen and oxygen atoms in total. The molecular formula is C17H16N2. The van der Waals surface area contributed by atoms with Gasteiger partial charge in [-0.1, -0.05) is 18.2 Å². The van der Waals surface area contributed by atoms with Crippen LogP contribution < -0.4 is 0 Å². The lowest BCUT2D eigenvalue weighted by molar-refractivity contribution is 1.27. The molecule has 2 rings (SSSR count). The Kier molecular flexibility index (Phi) is 3.77. The summed E-state index contributed by atoms with van der Waals surface area (Å²) >= 11 is 0. The first-order chi connectivity index (χ1) is 9.11. The fourth-order valence-corrected chi connectivity index (χ4v) is 1.98. The maximum absolute atomic E-state index is 9.30. The molecule has 0 unspecified atom stereocenters. The Morgan fingerprint density at radius 1 is 1.11 bits per heavy atom. The van der Waals surface area contributed by atoms with Gasteiger partial charge in [0.2, 0.25) is 0 Å². The molecule has 19 heavy (non-hydrogen) atoms. The zero-order chi connectivity index (χ0) is 13.8. The van der Waals surface area contributed by atoms with E-state index in [1.54, 1.807) is 6.20 Å². The van der Waals surface area contributed by atoms with Gasteiger partial charge in [0.25, 0.3) is 0 Å². The van der Waals surface area contributed by atoms with Gasteiger partial charge in [0.15, 0.2) is 0 Å². The predicted octanol–water partition coefficient (Wildman–Crippen LogP) is 4.07. The number of hydrogen-bond acceptors (Lipinski definition) is 2. The van der Waals surface area contributed by atoms with E-state index in [9.17, 15) is 5.26 Å². The van der Waals surface area contributed by atoms with E-state index in [0.717, 1.165) is 5.56 Å². The molecule has 0 spiro atoms. The van der Waals surface area contributed by atoms with Crippen LogP contribution in [0.4, 0.5) is 0 Å². The Morgan fingerprint density at radius 2 is 1.84 bits per heavy atom. The number of aryl methyl sites for hydroxylation is 3. The molecule has 1 aromatic carbocycles. The Labute approximate surface area is 114 Å². The van der Waals surface area contributed by atoms with E-state index in [-0.39, 0.29) is 0 Å². The highest BCUT2D eigenvalue weighted by atomic mass is 14.7. The van der Waals surface area contributed by atoms with Crippen molar-refractivity contribution in [3.63, 3.8) is 0 Å². The van der Waals surface area contributed by atoms with Crippen LogP contribution in [0.25, 0.3) is 11.6 Å². The quantitative estimate of drug-likeness (QED) is 0.751. The molecule has 1 aromatic heterocycles. The minimum absolute atomic E-state index is 0.590. The molecule has 0 radical (unpaired) electrons. The molecule has 0 aliphatic rings. The van der Waals surface area contributed by atoms with Crippen LogP contribution in [0.2, 0.25) is 0 Å².